The quantitative estimate of drug-likeness (QED) is 0.214. The number of Topliss-reactive ketones (excluding diaryl/α,β-unsaturated/α-hetero) is 1. The Labute approximate surface area is 180 Å². The summed E-state index contributed by atoms with van der Waals surface area (Å²) in [6.45, 7) is 4.18. The predicted molar refractivity (Wildman–Crippen MR) is 119 cm³/mol. The van der Waals surface area contributed by atoms with Crippen LogP contribution in [-0.2, 0) is 16.0 Å². The molecule has 0 aliphatic carbocycles. The van der Waals surface area contributed by atoms with E-state index in [1.165, 1.54) is 38.5 Å². The molecule has 5 heteroatoms. The lowest BCUT2D eigenvalue weighted by Gasteiger charge is -2.06. The fourth-order valence-corrected chi connectivity index (χ4v) is 3.24. The standard InChI is InChI=1S/C25H34N2O3/c1-3-5-6-7-8-9-11-20-18-26-25(27-19-20)21-12-15-23(16-13-21)30-24(29)17-14-22(28)10-4-2/h12-13,15-16,18-19H,3-11,14,17H2,1-2H3. The molecule has 2 rings (SSSR count). The molecule has 0 bridgehead atoms. The number of ether oxygens (including phenoxy) is 1. The Morgan fingerprint density at radius 3 is 2.13 bits per heavy atom. The van der Waals surface area contributed by atoms with Crippen LogP contribution in [0.4, 0.5) is 0 Å². The van der Waals surface area contributed by atoms with E-state index in [-0.39, 0.29) is 24.6 Å². The smallest absolute Gasteiger partial charge is 0.311 e. The molecular formula is C25H34N2O3. The highest BCUT2D eigenvalue weighted by atomic mass is 16.5. The molecule has 0 radical (unpaired) electrons. The molecule has 0 atom stereocenters. The molecule has 1 heterocycles. The molecule has 162 valence electrons. The van der Waals surface area contributed by atoms with Gasteiger partial charge in [-0.25, -0.2) is 9.97 Å². The van der Waals surface area contributed by atoms with Crippen molar-refractivity contribution >= 4 is 11.8 Å². The Morgan fingerprint density at radius 1 is 0.800 bits per heavy atom. The van der Waals surface area contributed by atoms with Gasteiger partial charge in [0, 0.05) is 30.8 Å². The molecule has 1 aromatic carbocycles. The first-order chi connectivity index (χ1) is 14.6. The van der Waals surface area contributed by atoms with Gasteiger partial charge < -0.3 is 4.74 Å². The van der Waals surface area contributed by atoms with Gasteiger partial charge in [-0.05, 0) is 49.1 Å². The van der Waals surface area contributed by atoms with E-state index >= 15 is 0 Å². The maximum atomic E-state index is 11.9. The number of carbonyl (C=O) groups is 2. The highest BCUT2D eigenvalue weighted by Crippen LogP contribution is 2.20. The normalized spacial score (nSPS) is 10.7. The Bertz CT molecular complexity index is 770. The van der Waals surface area contributed by atoms with E-state index in [4.69, 9.17) is 4.74 Å². The summed E-state index contributed by atoms with van der Waals surface area (Å²) in [5, 5.41) is 0. The summed E-state index contributed by atoms with van der Waals surface area (Å²) in [4.78, 5) is 32.3. The predicted octanol–water partition coefficient (Wildman–Crippen LogP) is 6.10. The molecule has 5 nitrogen and oxygen atoms in total. The van der Waals surface area contributed by atoms with Gasteiger partial charge in [0.15, 0.2) is 5.82 Å². The number of ketones is 1. The second-order valence-corrected chi connectivity index (χ2v) is 7.72. The van der Waals surface area contributed by atoms with E-state index in [0.717, 1.165) is 24.0 Å². The van der Waals surface area contributed by atoms with Crippen LogP contribution in [0.1, 0.15) is 83.6 Å². The van der Waals surface area contributed by atoms with Gasteiger partial charge in [0.1, 0.15) is 11.5 Å². The fourth-order valence-electron chi connectivity index (χ4n) is 3.24. The van der Waals surface area contributed by atoms with E-state index in [2.05, 4.69) is 16.9 Å². The first-order valence-electron chi connectivity index (χ1n) is 11.3. The average Bonchev–Trinajstić information content (AvgIpc) is 2.76. The molecule has 0 unspecified atom stereocenters. The molecule has 0 spiro atoms. The number of rotatable bonds is 14. The van der Waals surface area contributed by atoms with Crippen LogP contribution in [0.25, 0.3) is 11.4 Å². The third kappa shape index (κ3) is 8.85. The Hall–Kier alpha value is -2.56. The second kappa shape index (κ2) is 13.6. The first-order valence-corrected chi connectivity index (χ1v) is 11.3. The van der Waals surface area contributed by atoms with Gasteiger partial charge in [-0.2, -0.15) is 0 Å². The minimum Gasteiger partial charge on any atom is -0.427 e. The molecule has 0 aliphatic rings. The van der Waals surface area contributed by atoms with E-state index in [1.807, 2.05) is 31.5 Å². The van der Waals surface area contributed by atoms with Crippen molar-refractivity contribution in [1.82, 2.24) is 9.97 Å². The van der Waals surface area contributed by atoms with Crippen molar-refractivity contribution in [2.24, 2.45) is 0 Å². The monoisotopic (exact) mass is 410 g/mol. The number of esters is 1. The summed E-state index contributed by atoms with van der Waals surface area (Å²) < 4.78 is 5.30. The van der Waals surface area contributed by atoms with Crippen LogP contribution >= 0.6 is 0 Å². The summed E-state index contributed by atoms with van der Waals surface area (Å²) >= 11 is 0. The zero-order chi connectivity index (χ0) is 21.6. The van der Waals surface area contributed by atoms with Crippen LogP contribution in [0.2, 0.25) is 0 Å². The summed E-state index contributed by atoms with van der Waals surface area (Å²) in [7, 11) is 0. The molecule has 30 heavy (non-hydrogen) atoms. The van der Waals surface area contributed by atoms with Gasteiger partial charge in [0.25, 0.3) is 0 Å². The van der Waals surface area contributed by atoms with E-state index in [0.29, 0.717) is 18.0 Å². The minimum absolute atomic E-state index is 0.0990. The molecule has 1 aromatic heterocycles. The highest BCUT2D eigenvalue weighted by Gasteiger charge is 2.09. The number of unbranched alkanes of at least 4 members (excludes halogenated alkanes) is 5. The Morgan fingerprint density at radius 2 is 1.47 bits per heavy atom. The van der Waals surface area contributed by atoms with Crippen LogP contribution in [0.15, 0.2) is 36.7 Å². The van der Waals surface area contributed by atoms with Crippen LogP contribution in [-0.4, -0.2) is 21.7 Å². The van der Waals surface area contributed by atoms with Gasteiger partial charge >= 0.3 is 5.97 Å². The molecular weight excluding hydrogens is 376 g/mol. The number of carbonyl (C=O) groups excluding carboxylic acids is 2. The second-order valence-electron chi connectivity index (χ2n) is 7.72. The van der Waals surface area contributed by atoms with Gasteiger partial charge in [-0.3, -0.25) is 9.59 Å². The largest absolute Gasteiger partial charge is 0.427 e. The van der Waals surface area contributed by atoms with Crippen molar-refractivity contribution in [3.8, 4) is 17.1 Å². The summed E-state index contributed by atoms with van der Waals surface area (Å²) in [6.07, 6.45) is 14.2. The topological polar surface area (TPSA) is 69.2 Å². The number of benzene rings is 1. The highest BCUT2D eigenvalue weighted by molar-refractivity contribution is 5.83. The number of aryl methyl sites for hydroxylation is 1. The van der Waals surface area contributed by atoms with Crippen molar-refractivity contribution in [2.45, 2.75) is 84.5 Å². The first kappa shape index (κ1) is 23.7. The summed E-state index contributed by atoms with van der Waals surface area (Å²) in [5.74, 6) is 0.834. The zero-order valence-electron chi connectivity index (χ0n) is 18.4. The summed E-state index contributed by atoms with van der Waals surface area (Å²) in [6, 6.07) is 7.14. The number of hydrogen-bond donors (Lipinski definition) is 0. The van der Waals surface area contributed by atoms with Crippen LogP contribution < -0.4 is 4.74 Å². The van der Waals surface area contributed by atoms with E-state index < -0.39 is 0 Å². The third-order valence-corrected chi connectivity index (χ3v) is 5.01. The van der Waals surface area contributed by atoms with Crippen molar-refractivity contribution in [3.63, 3.8) is 0 Å². The lowest BCUT2D eigenvalue weighted by atomic mass is 10.1. The summed E-state index contributed by atoms with van der Waals surface area (Å²) in [5.41, 5.74) is 2.04. The van der Waals surface area contributed by atoms with Gasteiger partial charge in [-0.1, -0.05) is 46.0 Å². The molecule has 0 saturated heterocycles. The van der Waals surface area contributed by atoms with E-state index in [1.54, 1.807) is 12.1 Å². The average molecular weight is 411 g/mol. The van der Waals surface area contributed by atoms with Crippen molar-refractivity contribution in [1.29, 1.82) is 0 Å². The minimum atomic E-state index is -0.387. The molecule has 0 N–H and O–H groups in total. The lowest BCUT2D eigenvalue weighted by Crippen LogP contribution is -2.10. The van der Waals surface area contributed by atoms with Crippen molar-refractivity contribution in [2.75, 3.05) is 0 Å². The molecule has 0 amide bonds. The lowest BCUT2D eigenvalue weighted by molar-refractivity contribution is -0.136. The SMILES string of the molecule is CCCCCCCCc1cnc(-c2ccc(OC(=O)CCC(=O)CCC)cc2)nc1. The zero-order valence-corrected chi connectivity index (χ0v) is 18.4. The molecule has 0 fully saturated rings. The third-order valence-electron chi connectivity index (χ3n) is 5.01. The van der Waals surface area contributed by atoms with Crippen LogP contribution in [0, 0.1) is 0 Å². The van der Waals surface area contributed by atoms with Crippen molar-refractivity contribution < 1.29 is 14.3 Å². The molecule has 0 saturated carbocycles. The van der Waals surface area contributed by atoms with Crippen LogP contribution in [0.5, 0.6) is 5.75 Å². The number of nitrogens with zero attached hydrogens (tertiary/aromatic N) is 2. The maximum Gasteiger partial charge on any atom is 0.311 e. The van der Waals surface area contributed by atoms with Gasteiger partial charge in [0.05, 0.1) is 6.42 Å². The maximum absolute atomic E-state index is 11.9. The van der Waals surface area contributed by atoms with Crippen LogP contribution in [0.3, 0.4) is 0 Å². The molecule has 2 aromatic rings. The number of aromatic nitrogens is 2. The number of hydrogen-bond acceptors (Lipinski definition) is 5. The van der Waals surface area contributed by atoms with Gasteiger partial charge in [-0.15, -0.1) is 0 Å². The fraction of sp³-hybridized carbons (Fsp3) is 0.520. The Balaban J connectivity index is 1.78. The van der Waals surface area contributed by atoms with Crippen molar-refractivity contribution in [3.05, 3.63) is 42.2 Å². The van der Waals surface area contributed by atoms with E-state index in [9.17, 15) is 9.59 Å². The Kier molecular flexibility index (Phi) is 10.8. The molecule has 0 aliphatic heterocycles. The van der Waals surface area contributed by atoms with Gasteiger partial charge in [0.2, 0.25) is 0 Å².